The number of nitrogens with zero attached hydrogens (tertiary/aromatic N) is 1. The zero-order chi connectivity index (χ0) is 22.6. The van der Waals surface area contributed by atoms with Crippen LogP contribution in [0.5, 0.6) is 11.5 Å². The van der Waals surface area contributed by atoms with E-state index >= 15 is 0 Å². The SMILES string of the molecule is CCCCCCCOc1ccc(-c2ccc(C(=O)Oc3ccc(SC#N)cc3)cc2)cc1. The fourth-order valence-electron chi connectivity index (χ4n) is 3.23. The van der Waals surface area contributed by atoms with Gasteiger partial charge in [0.1, 0.15) is 16.9 Å². The standard InChI is InChI=1S/C27H27NO3S/c1-2-3-4-5-6-19-30-24-13-11-22(12-14-24)21-7-9-23(10-8-21)27(29)31-25-15-17-26(18-16-25)32-20-28/h7-18H,2-6,19H2,1H3. The fraction of sp³-hybridized carbons (Fsp3) is 0.259. The molecular weight excluding hydrogens is 418 g/mol. The van der Waals surface area contributed by atoms with Gasteiger partial charge in [0.2, 0.25) is 0 Å². The number of ether oxygens (including phenoxy) is 2. The van der Waals surface area contributed by atoms with E-state index in [-0.39, 0.29) is 0 Å². The van der Waals surface area contributed by atoms with Gasteiger partial charge in [-0.05, 0) is 77.8 Å². The third-order valence-corrected chi connectivity index (χ3v) is 5.62. The van der Waals surface area contributed by atoms with Crippen molar-refractivity contribution >= 4 is 17.7 Å². The highest BCUT2D eigenvalue weighted by Gasteiger charge is 2.09. The maximum absolute atomic E-state index is 12.4. The number of benzene rings is 3. The molecule has 0 saturated heterocycles. The Bertz CT molecular complexity index is 1020. The Labute approximate surface area is 194 Å². The summed E-state index contributed by atoms with van der Waals surface area (Å²) in [6.45, 7) is 2.97. The van der Waals surface area contributed by atoms with Crippen LogP contribution < -0.4 is 9.47 Å². The molecule has 0 radical (unpaired) electrons. The van der Waals surface area contributed by atoms with Crippen LogP contribution >= 0.6 is 11.8 Å². The average Bonchev–Trinajstić information content (AvgIpc) is 2.83. The summed E-state index contributed by atoms with van der Waals surface area (Å²) in [5, 5.41) is 10.7. The lowest BCUT2D eigenvalue weighted by atomic mass is 10.0. The van der Waals surface area contributed by atoms with E-state index in [0.717, 1.165) is 46.6 Å². The lowest BCUT2D eigenvalue weighted by Gasteiger charge is -2.08. The molecule has 0 atom stereocenters. The third kappa shape index (κ3) is 7.18. The van der Waals surface area contributed by atoms with E-state index in [9.17, 15) is 4.79 Å². The Kier molecular flexibility index (Phi) is 9.21. The van der Waals surface area contributed by atoms with Crippen molar-refractivity contribution in [1.82, 2.24) is 0 Å². The smallest absolute Gasteiger partial charge is 0.343 e. The Morgan fingerprint density at radius 3 is 2.03 bits per heavy atom. The van der Waals surface area contributed by atoms with Crippen LogP contribution in [0.2, 0.25) is 0 Å². The highest BCUT2D eigenvalue weighted by molar-refractivity contribution is 8.03. The molecule has 0 amide bonds. The normalized spacial score (nSPS) is 10.4. The molecule has 0 aliphatic rings. The number of thiocyanates is 1. The molecule has 0 aliphatic heterocycles. The van der Waals surface area contributed by atoms with Crippen molar-refractivity contribution < 1.29 is 14.3 Å². The molecule has 0 fully saturated rings. The first-order valence-electron chi connectivity index (χ1n) is 10.9. The quantitative estimate of drug-likeness (QED) is 0.101. The third-order valence-electron chi connectivity index (χ3n) is 5.02. The van der Waals surface area contributed by atoms with E-state index in [1.807, 2.05) is 41.8 Å². The number of unbranched alkanes of at least 4 members (excludes halogenated alkanes) is 4. The number of nitriles is 1. The second kappa shape index (κ2) is 12.6. The van der Waals surface area contributed by atoms with Crippen LogP contribution in [0.1, 0.15) is 49.4 Å². The summed E-state index contributed by atoms with van der Waals surface area (Å²) in [6, 6.07) is 22.2. The molecule has 32 heavy (non-hydrogen) atoms. The monoisotopic (exact) mass is 445 g/mol. The maximum Gasteiger partial charge on any atom is 0.343 e. The van der Waals surface area contributed by atoms with Crippen molar-refractivity contribution in [1.29, 1.82) is 5.26 Å². The van der Waals surface area contributed by atoms with Crippen LogP contribution in [0.25, 0.3) is 11.1 Å². The molecule has 0 aromatic heterocycles. The molecule has 3 aromatic carbocycles. The minimum atomic E-state index is -0.417. The van der Waals surface area contributed by atoms with Gasteiger partial charge in [-0.1, -0.05) is 56.9 Å². The minimum absolute atomic E-state index is 0.417. The molecule has 0 aliphatic carbocycles. The van der Waals surface area contributed by atoms with Gasteiger partial charge in [-0.3, -0.25) is 0 Å². The van der Waals surface area contributed by atoms with Crippen LogP contribution in [-0.4, -0.2) is 12.6 Å². The van der Waals surface area contributed by atoms with Gasteiger partial charge in [0.15, 0.2) is 0 Å². The van der Waals surface area contributed by atoms with Crippen molar-refractivity contribution in [3.63, 3.8) is 0 Å². The number of esters is 1. The van der Waals surface area contributed by atoms with Crippen LogP contribution in [0.3, 0.4) is 0 Å². The molecule has 5 heteroatoms. The molecule has 164 valence electrons. The predicted molar refractivity (Wildman–Crippen MR) is 129 cm³/mol. The minimum Gasteiger partial charge on any atom is -0.494 e. The first-order valence-corrected chi connectivity index (χ1v) is 11.7. The van der Waals surface area contributed by atoms with Crippen LogP contribution in [0.4, 0.5) is 0 Å². The van der Waals surface area contributed by atoms with Crippen molar-refractivity contribution in [3.05, 3.63) is 78.4 Å². The van der Waals surface area contributed by atoms with E-state index < -0.39 is 5.97 Å². The van der Waals surface area contributed by atoms with Crippen LogP contribution in [0, 0.1) is 10.7 Å². The number of hydrogen-bond donors (Lipinski definition) is 0. The summed E-state index contributed by atoms with van der Waals surface area (Å²) in [5.74, 6) is 0.908. The second-order valence-corrected chi connectivity index (χ2v) is 8.28. The Morgan fingerprint density at radius 2 is 1.41 bits per heavy atom. The fourth-order valence-corrected chi connectivity index (χ4v) is 3.61. The predicted octanol–water partition coefficient (Wildman–Crippen LogP) is 7.50. The number of carbonyl (C=O) groups excluding carboxylic acids is 1. The van der Waals surface area contributed by atoms with Gasteiger partial charge in [-0.15, -0.1) is 0 Å². The highest BCUT2D eigenvalue weighted by atomic mass is 32.2. The average molecular weight is 446 g/mol. The number of thioether (sulfide) groups is 1. The Morgan fingerprint density at radius 1 is 0.812 bits per heavy atom. The largest absolute Gasteiger partial charge is 0.494 e. The van der Waals surface area contributed by atoms with Crippen LogP contribution in [-0.2, 0) is 0 Å². The van der Waals surface area contributed by atoms with E-state index in [1.54, 1.807) is 36.4 Å². The van der Waals surface area contributed by atoms with E-state index in [4.69, 9.17) is 14.7 Å². The van der Waals surface area contributed by atoms with Gasteiger partial charge < -0.3 is 9.47 Å². The van der Waals surface area contributed by atoms with E-state index in [2.05, 4.69) is 6.92 Å². The molecule has 3 rings (SSSR count). The van der Waals surface area contributed by atoms with Gasteiger partial charge in [-0.2, -0.15) is 5.26 Å². The van der Waals surface area contributed by atoms with E-state index in [0.29, 0.717) is 11.3 Å². The molecule has 3 aromatic rings. The second-order valence-electron chi connectivity index (χ2n) is 7.42. The molecule has 0 unspecified atom stereocenters. The van der Waals surface area contributed by atoms with Gasteiger partial charge in [0.05, 0.1) is 12.2 Å². The molecule has 0 bridgehead atoms. The topological polar surface area (TPSA) is 59.3 Å². The zero-order valence-electron chi connectivity index (χ0n) is 18.3. The Hall–Kier alpha value is -3.23. The number of hydrogen-bond acceptors (Lipinski definition) is 5. The summed E-state index contributed by atoms with van der Waals surface area (Å²) in [6.07, 6.45) is 6.12. The number of rotatable bonds is 11. The maximum atomic E-state index is 12.4. The molecule has 4 nitrogen and oxygen atoms in total. The molecular formula is C27H27NO3S. The first kappa shape index (κ1) is 23.4. The van der Waals surface area contributed by atoms with Crippen LogP contribution in [0.15, 0.2) is 77.7 Å². The first-order chi connectivity index (χ1) is 15.7. The lowest BCUT2D eigenvalue weighted by Crippen LogP contribution is -2.08. The summed E-state index contributed by atoms with van der Waals surface area (Å²) in [5.41, 5.74) is 2.56. The van der Waals surface area contributed by atoms with Gasteiger partial charge in [0, 0.05) is 4.90 Å². The molecule has 0 heterocycles. The van der Waals surface area contributed by atoms with Crippen molar-refractivity contribution in [3.8, 4) is 28.0 Å². The highest BCUT2D eigenvalue weighted by Crippen LogP contribution is 2.24. The summed E-state index contributed by atoms with van der Waals surface area (Å²) >= 11 is 1.06. The molecule has 0 saturated carbocycles. The van der Waals surface area contributed by atoms with Gasteiger partial charge in [0.25, 0.3) is 0 Å². The lowest BCUT2D eigenvalue weighted by molar-refractivity contribution is 0.0734. The molecule has 0 spiro atoms. The van der Waals surface area contributed by atoms with Crippen molar-refractivity contribution in [2.75, 3.05) is 6.61 Å². The number of carbonyl (C=O) groups is 1. The summed E-state index contributed by atoms with van der Waals surface area (Å²) < 4.78 is 11.2. The summed E-state index contributed by atoms with van der Waals surface area (Å²) in [7, 11) is 0. The van der Waals surface area contributed by atoms with Crippen molar-refractivity contribution in [2.24, 2.45) is 0 Å². The molecule has 0 N–H and O–H groups in total. The van der Waals surface area contributed by atoms with Gasteiger partial charge >= 0.3 is 5.97 Å². The summed E-state index contributed by atoms with van der Waals surface area (Å²) in [4.78, 5) is 13.2. The van der Waals surface area contributed by atoms with Gasteiger partial charge in [-0.25, -0.2) is 4.79 Å². The van der Waals surface area contributed by atoms with Crippen molar-refractivity contribution in [2.45, 2.75) is 43.9 Å². The van der Waals surface area contributed by atoms with E-state index in [1.165, 1.54) is 25.7 Å². The zero-order valence-corrected chi connectivity index (χ0v) is 19.1. The Balaban J connectivity index is 1.52.